The fourth-order valence-electron chi connectivity index (χ4n) is 2.42. The van der Waals surface area contributed by atoms with Gasteiger partial charge in [0.25, 0.3) is 0 Å². The molecule has 1 atom stereocenters. The molecule has 2 rings (SSSR count). The summed E-state index contributed by atoms with van der Waals surface area (Å²) in [6.07, 6.45) is 1.77. The van der Waals surface area contributed by atoms with E-state index in [1.165, 1.54) is 0 Å². The number of nitrogens with zero attached hydrogens (tertiary/aromatic N) is 1. The fraction of sp³-hybridized carbons (Fsp3) is 0.353. The van der Waals surface area contributed by atoms with E-state index in [2.05, 4.69) is 4.98 Å². The topological polar surface area (TPSA) is 48.4 Å². The van der Waals surface area contributed by atoms with Gasteiger partial charge in [0, 0.05) is 33.7 Å². The standard InChI is InChI=1S/C17H21NO3S/c1-12-9-18-15(13(2)17(12)21-4)11-22(19)10-14-7-5-6-8-16(14)20-3/h5-9H,10-11H2,1-4H3. The number of hydrogen-bond acceptors (Lipinski definition) is 4. The summed E-state index contributed by atoms with van der Waals surface area (Å²) in [7, 11) is 2.21. The zero-order valence-corrected chi connectivity index (χ0v) is 14.2. The third-order valence-corrected chi connectivity index (χ3v) is 4.78. The lowest BCUT2D eigenvalue weighted by Gasteiger charge is -2.12. The predicted molar refractivity (Wildman–Crippen MR) is 88.8 cm³/mol. The van der Waals surface area contributed by atoms with Crippen LogP contribution in [0.2, 0.25) is 0 Å². The summed E-state index contributed by atoms with van der Waals surface area (Å²) in [5, 5.41) is 0. The summed E-state index contributed by atoms with van der Waals surface area (Å²) in [4.78, 5) is 4.41. The molecule has 0 radical (unpaired) electrons. The molecule has 0 amide bonds. The van der Waals surface area contributed by atoms with Crippen molar-refractivity contribution in [3.8, 4) is 11.5 Å². The van der Waals surface area contributed by atoms with Crippen LogP contribution in [0.15, 0.2) is 30.5 Å². The molecule has 0 aliphatic carbocycles. The Morgan fingerprint density at radius 2 is 1.82 bits per heavy atom. The van der Waals surface area contributed by atoms with Gasteiger partial charge >= 0.3 is 0 Å². The number of hydrogen-bond donors (Lipinski definition) is 0. The molecule has 0 bridgehead atoms. The van der Waals surface area contributed by atoms with Crippen molar-refractivity contribution < 1.29 is 13.7 Å². The van der Waals surface area contributed by atoms with Crippen molar-refractivity contribution in [3.63, 3.8) is 0 Å². The number of rotatable bonds is 6. The van der Waals surface area contributed by atoms with E-state index >= 15 is 0 Å². The highest BCUT2D eigenvalue weighted by Crippen LogP contribution is 2.26. The minimum Gasteiger partial charge on any atom is -0.496 e. The molecule has 0 aliphatic heterocycles. The van der Waals surface area contributed by atoms with Crippen LogP contribution in [0.3, 0.4) is 0 Å². The van der Waals surface area contributed by atoms with Gasteiger partial charge in [-0.3, -0.25) is 9.19 Å². The number of aromatic nitrogens is 1. The molecule has 0 spiro atoms. The summed E-state index contributed by atoms with van der Waals surface area (Å²) in [5.74, 6) is 2.43. The predicted octanol–water partition coefficient (Wildman–Crippen LogP) is 3.16. The van der Waals surface area contributed by atoms with Crippen molar-refractivity contribution in [2.45, 2.75) is 25.4 Å². The Morgan fingerprint density at radius 3 is 2.50 bits per heavy atom. The Balaban J connectivity index is 2.16. The van der Waals surface area contributed by atoms with Gasteiger partial charge in [-0.05, 0) is 19.9 Å². The monoisotopic (exact) mass is 319 g/mol. The number of benzene rings is 1. The van der Waals surface area contributed by atoms with Crippen molar-refractivity contribution in [3.05, 3.63) is 52.8 Å². The van der Waals surface area contributed by atoms with Crippen LogP contribution in [0.4, 0.5) is 0 Å². The minimum atomic E-state index is -1.06. The number of methoxy groups -OCH3 is 2. The summed E-state index contributed by atoms with van der Waals surface area (Å²) >= 11 is 0. The Hall–Kier alpha value is -1.88. The lowest BCUT2D eigenvalue weighted by atomic mass is 10.1. The third-order valence-electron chi connectivity index (χ3n) is 3.56. The van der Waals surface area contributed by atoms with Gasteiger partial charge in [0.15, 0.2) is 0 Å². The van der Waals surface area contributed by atoms with Crippen molar-refractivity contribution in [2.75, 3.05) is 14.2 Å². The van der Waals surface area contributed by atoms with Crippen LogP contribution in [0.5, 0.6) is 11.5 Å². The zero-order valence-electron chi connectivity index (χ0n) is 13.4. The second-order valence-electron chi connectivity index (χ2n) is 5.09. The average Bonchev–Trinajstić information content (AvgIpc) is 2.51. The molecule has 1 heterocycles. The van der Waals surface area contributed by atoms with Crippen molar-refractivity contribution >= 4 is 10.8 Å². The van der Waals surface area contributed by atoms with Crippen LogP contribution in [-0.4, -0.2) is 23.4 Å². The first kappa shape index (κ1) is 16.5. The largest absolute Gasteiger partial charge is 0.496 e. The van der Waals surface area contributed by atoms with Crippen molar-refractivity contribution in [2.24, 2.45) is 0 Å². The lowest BCUT2D eigenvalue weighted by molar-refractivity contribution is 0.407. The molecular formula is C17H21NO3S. The minimum absolute atomic E-state index is 0.403. The maximum atomic E-state index is 12.5. The van der Waals surface area contributed by atoms with Crippen LogP contribution < -0.4 is 9.47 Å². The number of para-hydroxylation sites is 1. The first-order valence-corrected chi connectivity index (χ1v) is 8.51. The summed E-state index contributed by atoms with van der Waals surface area (Å²) in [6.45, 7) is 3.91. The summed E-state index contributed by atoms with van der Waals surface area (Å²) in [6, 6.07) is 7.65. The SMILES string of the molecule is COc1ccccc1CS(=O)Cc1ncc(C)c(OC)c1C. The highest BCUT2D eigenvalue weighted by Gasteiger charge is 2.13. The first-order chi connectivity index (χ1) is 10.6. The molecular weight excluding hydrogens is 298 g/mol. The van der Waals surface area contributed by atoms with E-state index in [0.29, 0.717) is 11.5 Å². The number of aryl methyl sites for hydroxylation is 1. The number of ether oxygens (including phenoxy) is 2. The van der Waals surface area contributed by atoms with Gasteiger partial charge in [0.2, 0.25) is 0 Å². The molecule has 22 heavy (non-hydrogen) atoms. The quantitative estimate of drug-likeness (QED) is 0.820. The van der Waals surface area contributed by atoms with Gasteiger partial charge in [-0.2, -0.15) is 0 Å². The van der Waals surface area contributed by atoms with Crippen LogP contribution in [0, 0.1) is 13.8 Å². The Kier molecular flexibility index (Phi) is 5.55. The molecule has 0 N–H and O–H groups in total. The van der Waals surface area contributed by atoms with E-state index in [1.54, 1.807) is 20.4 Å². The van der Waals surface area contributed by atoms with E-state index in [4.69, 9.17) is 9.47 Å². The maximum absolute atomic E-state index is 12.5. The average molecular weight is 319 g/mol. The molecule has 1 aromatic carbocycles. The summed E-state index contributed by atoms with van der Waals surface area (Å²) in [5.41, 5.74) is 3.70. The second kappa shape index (κ2) is 7.40. The van der Waals surface area contributed by atoms with Crippen LogP contribution in [-0.2, 0) is 22.3 Å². The molecule has 4 nitrogen and oxygen atoms in total. The maximum Gasteiger partial charge on any atom is 0.128 e. The van der Waals surface area contributed by atoms with E-state index in [-0.39, 0.29) is 0 Å². The van der Waals surface area contributed by atoms with Crippen LogP contribution >= 0.6 is 0 Å². The second-order valence-corrected chi connectivity index (χ2v) is 6.54. The van der Waals surface area contributed by atoms with E-state index in [9.17, 15) is 4.21 Å². The van der Waals surface area contributed by atoms with Gasteiger partial charge in [-0.15, -0.1) is 0 Å². The smallest absolute Gasteiger partial charge is 0.128 e. The molecule has 0 saturated heterocycles. The van der Waals surface area contributed by atoms with E-state index < -0.39 is 10.8 Å². The highest BCUT2D eigenvalue weighted by molar-refractivity contribution is 7.83. The summed E-state index contributed by atoms with van der Waals surface area (Å²) < 4.78 is 23.2. The fourth-order valence-corrected chi connectivity index (χ4v) is 3.70. The number of pyridine rings is 1. The Labute approximate surface area is 133 Å². The molecule has 0 aliphatic rings. The van der Waals surface area contributed by atoms with Gasteiger partial charge in [0.05, 0.1) is 31.4 Å². The van der Waals surface area contributed by atoms with Crippen molar-refractivity contribution in [1.82, 2.24) is 4.98 Å². The third kappa shape index (κ3) is 3.65. The lowest BCUT2D eigenvalue weighted by Crippen LogP contribution is -2.06. The van der Waals surface area contributed by atoms with E-state index in [1.807, 2.05) is 38.1 Å². The van der Waals surface area contributed by atoms with Gasteiger partial charge < -0.3 is 9.47 Å². The molecule has 2 aromatic rings. The Morgan fingerprint density at radius 1 is 1.09 bits per heavy atom. The molecule has 1 unspecified atom stereocenters. The van der Waals surface area contributed by atoms with E-state index in [0.717, 1.165) is 33.9 Å². The van der Waals surface area contributed by atoms with Crippen LogP contribution in [0.25, 0.3) is 0 Å². The normalized spacial score (nSPS) is 12.0. The molecule has 0 saturated carbocycles. The molecule has 0 fully saturated rings. The molecule has 118 valence electrons. The zero-order chi connectivity index (χ0) is 16.1. The van der Waals surface area contributed by atoms with Crippen LogP contribution in [0.1, 0.15) is 22.4 Å². The Bertz CT molecular complexity index is 686. The highest BCUT2D eigenvalue weighted by atomic mass is 32.2. The van der Waals surface area contributed by atoms with Gasteiger partial charge in [-0.1, -0.05) is 18.2 Å². The van der Waals surface area contributed by atoms with Gasteiger partial charge in [-0.25, -0.2) is 0 Å². The molecule has 5 heteroatoms. The van der Waals surface area contributed by atoms with Gasteiger partial charge in [0.1, 0.15) is 11.5 Å². The van der Waals surface area contributed by atoms with Crippen molar-refractivity contribution in [1.29, 1.82) is 0 Å². The first-order valence-electron chi connectivity index (χ1n) is 7.02. The molecule has 1 aromatic heterocycles.